The summed E-state index contributed by atoms with van der Waals surface area (Å²) < 4.78 is 5.85. The molecule has 3 heteroatoms. The Morgan fingerprint density at radius 1 is 1.33 bits per heavy atom. The van der Waals surface area contributed by atoms with Crippen molar-refractivity contribution in [1.82, 2.24) is 0 Å². The van der Waals surface area contributed by atoms with Crippen LogP contribution in [0.4, 0.5) is 0 Å². The van der Waals surface area contributed by atoms with E-state index in [1.54, 1.807) is 0 Å². The summed E-state index contributed by atoms with van der Waals surface area (Å²) in [6, 6.07) is 8.63. The summed E-state index contributed by atoms with van der Waals surface area (Å²) in [5, 5.41) is 0.556. The lowest BCUT2D eigenvalue weighted by Gasteiger charge is -2.26. The Morgan fingerprint density at radius 3 is 2.72 bits per heavy atom. The van der Waals surface area contributed by atoms with Gasteiger partial charge in [-0.25, -0.2) is 0 Å². The maximum absolute atomic E-state index is 6.23. The smallest absolute Gasteiger partial charge is 0.0646 e. The van der Waals surface area contributed by atoms with Crippen molar-refractivity contribution in [3.63, 3.8) is 0 Å². The van der Waals surface area contributed by atoms with E-state index in [1.165, 1.54) is 10.5 Å². The van der Waals surface area contributed by atoms with Crippen molar-refractivity contribution in [3.05, 3.63) is 29.8 Å². The van der Waals surface area contributed by atoms with E-state index in [9.17, 15) is 0 Å². The van der Waals surface area contributed by atoms with Crippen LogP contribution in [0.3, 0.4) is 0 Å². The molecule has 0 saturated carbocycles. The van der Waals surface area contributed by atoms with Crippen molar-refractivity contribution in [2.75, 3.05) is 13.2 Å². The molecule has 1 aromatic carbocycles. The molecule has 0 spiro atoms. The molecule has 1 aromatic rings. The van der Waals surface area contributed by atoms with Crippen LogP contribution in [0, 0.1) is 0 Å². The molecule has 0 aromatic heterocycles. The number of fused-ring (bicyclic) bond motifs is 1. The predicted octanol–water partition coefficient (Wildman–Crippen LogP) is 3.24. The number of hydrogen-bond acceptors (Lipinski definition) is 3. The Balaban J connectivity index is 1.77. The van der Waals surface area contributed by atoms with Crippen LogP contribution < -0.4 is 5.73 Å². The van der Waals surface area contributed by atoms with Crippen LogP contribution >= 0.6 is 11.8 Å². The van der Waals surface area contributed by atoms with Gasteiger partial charge in [0.05, 0.1) is 13.2 Å². The van der Waals surface area contributed by atoms with Gasteiger partial charge in [0, 0.05) is 15.7 Å². The van der Waals surface area contributed by atoms with Gasteiger partial charge in [-0.1, -0.05) is 32.0 Å². The topological polar surface area (TPSA) is 35.2 Å². The van der Waals surface area contributed by atoms with E-state index in [2.05, 4.69) is 38.1 Å². The molecule has 1 aliphatic rings. The van der Waals surface area contributed by atoms with Crippen LogP contribution in [-0.4, -0.2) is 24.0 Å². The second-order valence-corrected chi connectivity index (χ2v) is 6.48. The van der Waals surface area contributed by atoms with Crippen LogP contribution in [0.15, 0.2) is 29.2 Å². The van der Waals surface area contributed by atoms with Crippen LogP contribution in [0.25, 0.3) is 0 Å². The molecule has 2 nitrogen and oxygen atoms in total. The second-order valence-electron chi connectivity index (χ2n) is 5.14. The van der Waals surface area contributed by atoms with Crippen LogP contribution in [0.2, 0.25) is 0 Å². The van der Waals surface area contributed by atoms with Crippen molar-refractivity contribution < 1.29 is 4.74 Å². The highest BCUT2D eigenvalue weighted by molar-refractivity contribution is 8.00. The molecule has 0 aliphatic carbocycles. The number of ether oxygens (including phenoxy) is 1. The van der Waals surface area contributed by atoms with Gasteiger partial charge < -0.3 is 10.5 Å². The Kier molecular flexibility index (Phi) is 4.71. The van der Waals surface area contributed by atoms with Gasteiger partial charge in [0.1, 0.15) is 0 Å². The molecular weight excluding hydrogens is 242 g/mol. The third kappa shape index (κ3) is 3.28. The van der Waals surface area contributed by atoms with Gasteiger partial charge in [0.2, 0.25) is 0 Å². The van der Waals surface area contributed by atoms with Crippen LogP contribution in [-0.2, 0) is 11.2 Å². The second kappa shape index (κ2) is 6.09. The third-order valence-electron chi connectivity index (χ3n) is 3.82. The molecule has 18 heavy (non-hydrogen) atoms. The van der Waals surface area contributed by atoms with E-state index < -0.39 is 0 Å². The van der Waals surface area contributed by atoms with Gasteiger partial charge >= 0.3 is 0 Å². The minimum absolute atomic E-state index is 0.143. The molecule has 0 radical (unpaired) electrons. The lowest BCUT2D eigenvalue weighted by Crippen LogP contribution is -2.43. The summed E-state index contributed by atoms with van der Waals surface area (Å²) >= 11 is 1.94. The summed E-state index contributed by atoms with van der Waals surface area (Å²) in [6.45, 7) is 5.74. The molecule has 100 valence electrons. The van der Waals surface area contributed by atoms with Gasteiger partial charge in [-0.15, -0.1) is 11.8 Å². The lowest BCUT2D eigenvalue weighted by molar-refractivity contribution is 0.0823. The van der Waals surface area contributed by atoms with Gasteiger partial charge in [-0.05, 0) is 30.9 Å². The molecule has 2 N–H and O–H groups in total. The zero-order valence-corrected chi connectivity index (χ0v) is 12.1. The summed E-state index contributed by atoms with van der Waals surface area (Å²) in [4.78, 5) is 1.41. The number of rotatable bonds is 6. The van der Waals surface area contributed by atoms with Gasteiger partial charge in [0.25, 0.3) is 0 Å². The molecule has 1 atom stereocenters. The Morgan fingerprint density at radius 2 is 2.06 bits per heavy atom. The van der Waals surface area contributed by atoms with Crippen molar-refractivity contribution in [3.8, 4) is 0 Å². The first kappa shape index (κ1) is 13.9. The van der Waals surface area contributed by atoms with Crippen molar-refractivity contribution in [1.29, 1.82) is 0 Å². The molecule has 0 saturated heterocycles. The first-order valence-corrected chi connectivity index (χ1v) is 7.66. The molecule has 0 amide bonds. The SMILES string of the molecule is CCC(N)(CC)COCC1Cc2ccccc2S1. The fourth-order valence-electron chi connectivity index (χ4n) is 2.19. The molecule has 1 unspecified atom stereocenters. The Bertz CT molecular complexity index is 365. The van der Waals surface area contributed by atoms with E-state index in [0.29, 0.717) is 11.9 Å². The average Bonchev–Trinajstić information content (AvgIpc) is 2.81. The zero-order chi connectivity index (χ0) is 13.0. The normalized spacial score (nSPS) is 18.9. The highest BCUT2D eigenvalue weighted by Gasteiger charge is 2.24. The molecule has 0 fully saturated rings. The highest BCUT2D eigenvalue weighted by atomic mass is 32.2. The molecule has 1 aliphatic heterocycles. The van der Waals surface area contributed by atoms with Crippen LogP contribution in [0.5, 0.6) is 0 Å². The standard InChI is InChI=1S/C15H23NOS/c1-3-15(16,4-2)11-17-10-13-9-12-7-5-6-8-14(12)18-13/h5-8,13H,3-4,9-11,16H2,1-2H3. The highest BCUT2D eigenvalue weighted by Crippen LogP contribution is 2.36. The number of benzene rings is 1. The largest absolute Gasteiger partial charge is 0.378 e. The Hall–Kier alpha value is -0.510. The zero-order valence-electron chi connectivity index (χ0n) is 11.3. The first-order valence-electron chi connectivity index (χ1n) is 6.78. The third-order valence-corrected chi connectivity index (χ3v) is 5.10. The predicted molar refractivity (Wildman–Crippen MR) is 78.1 cm³/mol. The van der Waals surface area contributed by atoms with E-state index in [0.717, 1.165) is 25.9 Å². The molecule has 0 bridgehead atoms. The number of thioether (sulfide) groups is 1. The lowest BCUT2D eigenvalue weighted by atomic mass is 9.96. The monoisotopic (exact) mass is 265 g/mol. The van der Waals surface area contributed by atoms with Crippen LogP contribution in [0.1, 0.15) is 32.3 Å². The fraction of sp³-hybridized carbons (Fsp3) is 0.600. The van der Waals surface area contributed by atoms with E-state index in [4.69, 9.17) is 10.5 Å². The molecular formula is C15H23NOS. The van der Waals surface area contributed by atoms with Crippen molar-refractivity contribution >= 4 is 11.8 Å². The maximum atomic E-state index is 6.23. The summed E-state index contributed by atoms with van der Waals surface area (Å²) in [6.07, 6.45) is 3.07. The Labute approximate surface area is 114 Å². The van der Waals surface area contributed by atoms with Gasteiger partial charge in [-0.2, -0.15) is 0 Å². The van der Waals surface area contributed by atoms with Gasteiger partial charge in [0.15, 0.2) is 0 Å². The molecule has 2 rings (SSSR count). The average molecular weight is 265 g/mol. The van der Waals surface area contributed by atoms with E-state index in [1.807, 2.05) is 11.8 Å². The summed E-state index contributed by atoms with van der Waals surface area (Å²) in [5.41, 5.74) is 7.55. The minimum atomic E-state index is -0.143. The maximum Gasteiger partial charge on any atom is 0.0646 e. The van der Waals surface area contributed by atoms with E-state index in [-0.39, 0.29) is 5.54 Å². The number of nitrogens with two attached hydrogens (primary N) is 1. The minimum Gasteiger partial charge on any atom is -0.378 e. The quantitative estimate of drug-likeness (QED) is 0.857. The van der Waals surface area contributed by atoms with Crippen molar-refractivity contribution in [2.24, 2.45) is 5.73 Å². The molecule has 1 heterocycles. The number of hydrogen-bond donors (Lipinski definition) is 1. The van der Waals surface area contributed by atoms with Crippen molar-refractivity contribution in [2.45, 2.75) is 48.8 Å². The summed E-state index contributed by atoms with van der Waals surface area (Å²) in [7, 11) is 0. The fourth-order valence-corrected chi connectivity index (χ4v) is 3.44. The van der Waals surface area contributed by atoms with Gasteiger partial charge in [-0.3, -0.25) is 0 Å². The summed E-state index contributed by atoms with van der Waals surface area (Å²) in [5.74, 6) is 0. The first-order chi connectivity index (χ1) is 8.67. The van der Waals surface area contributed by atoms with E-state index >= 15 is 0 Å².